The Morgan fingerprint density at radius 3 is 2.17 bits per heavy atom. The lowest BCUT2D eigenvalue weighted by molar-refractivity contribution is -0.140. The first-order valence-corrected chi connectivity index (χ1v) is 9.78. The molecule has 3 N–H and O–H groups in total. The Bertz CT molecular complexity index is 928. The molecular weight excluding hydrogens is 364 g/mol. The lowest BCUT2D eigenvalue weighted by atomic mass is 9.94. The van der Waals surface area contributed by atoms with E-state index in [1.165, 1.54) is 6.92 Å². The van der Waals surface area contributed by atoms with Crippen LogP contribution in [0.15, 0.2) is 42.0 Å². The van der Waals surface area contributed by atoms with Crippen LogP contribution in [-0.2, 0) is 9.59 Å². The van der Waals surface area contributed by atoms with E-state index in [1.54, 1.807) is 13.0 Å². The van der Waals surface area contributed by atoms with Gasteiger partial charge in [-0.3, -0.25) is 9.59 Å². The van der Waals surface area contributed by atoms with Gasteiger partial charge in [0.15, 0.2) is 0 Å². The molecule has 0 radical (unpaired) electrons. The second-order valence-electron chi connectivity index (χ2n) is 7.76. The molecule has 0 unspecified atom stereocenters. The first-order chi connectivity index (χ1) is 13.6. The summed E-state index contributed by atoms with van der Waals surface area (Å²) in [6.07, 6.45) is 1.80. The molecule has 0 saturated carbocycles. The number of benzene rings is 2. The summed E-state index contributed by atoms with van der Waals surface area (Å²) < 4.78 is 0. The van der Waals surface area contributed by atoms with Crippen LogP contribution < -0.4 is 10.6 Å². The molecule has 0 aromatic heterocycles. The van der Waals surface area contributed by atoms with Crippen LogP contribution in [0.3, 0.4) is 0 Å². The van der Waals surface area contributed by atoms with E-state index in [0.29, 0.717) is 11.6 Å². The molecule has 5 heteroatoms. The molecule has 0 heterocycles. The summed E-state index contributed by atoms with van der Waals surface area (Å²) in [6, 6.07) is 12.0. The van der Waals surface area contributed by atoms with Gasteiger partial charge in [0.05, 0.1) is 0 Å². The molecule has 5 nitrogen and oxygen atoms in total. The molecule has 29 heavy (non-hydrogen) atoms. The van der Waals surface area contributed by atoms with Crippen molar-refractivity contribution in [1.82, 2.24) is 5.32 Å². The van der Waals surface area contributed by atoms with Gasteiger partial charge in [0.1, 0.15) is 6.04 Å². The van der Waals surface area contributed by atoms with Crippen molar-refractivity contribution in [2.45, 2.75) is 53.6 Å². The average molecular weight is 395 g/mol. The molecule has 0 aliphatic heterocycles. The molecular formula is C24H30N2O3. The van der Waals surface area contributed by atoms with E-state index in [4.69, 9.17) is 5.11 Å². The zero-order chi connectivity index (χ0) is 21.7. The Balaban J connectivity index is 2.27. The van der Waals surface area contributed by atoms with Crippen molar-refractivity contribution in [3.8, 4) is 11.1 Å². The van der Waals surface area contributed by atoms with Crippen LogP contribution in [0.4, 0.5) is 5.69 Å². The van der Waals surface area contributed by atoms with Crippen LogP contribution in [0.1, 0.15) is 44.4 Å². The summed E-state index contributed by atoms with van der Waals surface area (Å²) >= 11 is 0. The van der Waals surface area contributed by atoms with Crippen LogP contribution in [0.5, 0.6) is 0 Å². The third-order valence-electron chi connectivity index (χ3n) is 4.71. The number of carboxylic acid groups (broad SMARTS) is 1. The number of carbonyl (C=O) groups excluding carboxylic acids is 1. The van der Waals surface area contributed by atoms with Gasteiger partial charge in [-0.05, 0) is 87.6 Å². The van der Waals surface area contributed by atoms with Crippen molar-refractivity contribution in [2.24, 2.45) is 0 Å². The van der Waals surface area contributed by atoms with Gasteiger partial charge in [0.2, 0.25) is 5.91 Å². The molecule has 0 spiro atoms. The number of hydrogen-bond acceptors (Lipinski definition) is 3. The van der Waals surface area contributed by atoms with Gasteiger partial charge >= 0.3 is 5.97 Å². The van der Waals surface area contributed by atoms with Gasteiger partial charge in [-0.1, -0.05) is 24.3 Å². The number of hydrogen-bond donors (Lipinski definition) is 3. The number of aryl methyl sites for hydroxylation is 2. The SMILES string of the molecule is CC(=Cc1cc(C)c(-c2ccc(NC(C)C)cc2)cc1C)C(=O)N[C@H](C)C(=O)O. The number of amides is 1. The van der Waals surface area contributed by atoms with E-state index in [9.17, 15) is 9.59 Å². The van der Waals surface area contributed by atoms with Crippen molar-refractivity contribution in [1.29, 1.82) is 0 Å². The second kappa shape index (κ2) is 9.41. The molecule has 0 saturated heterocycles. The lowest BCUT2D eigenvalue weighted by Gasteiger charge is -2.14. The van der Waals surface area contributed by atoms with Crippen LogP contribution in [-0.4, -0.2) is 29.1 Å². The highest BCUT2D eigenvalue weighted by molar-refractivity contribution is 5.99. The Morgan fingerprint density at radius 1 is 1.00 bits per heavy atom. The Morgan fingerprint density at radius 2 is 1.62 bits per heavy atom. The Labute approximate surface area is 172 Å². The number of carboxylic acids is 1. The predicted octanol–water partition coefficient (Wildman–Crippen LogP) is 4.78. The van der Waals surface area contributed by atoms with Crippen LogP contribution in [0.25, 0.3) is 17.2 Å². The van der Waals surface area contributed by atoms with E-state index < -0.39 is 12.0 Å². The van der Waals surface area contributed by atoms with Crippen molar-refractivity contribution in [3.63, 3.8) is 0 Å². The monoisotopic (exact) mass is 394 g/mol. The average Bonchev–Trinajstić information content (AvgIpc) is 2.64. The number of anilines is 1. The fourth-order valence-electron chi connectivity index (χ4n) is 3.06. The van der Waals surface area contributed by atoms with Gasteiger partial charge in [-0.15, -0.1) is 0 Å². The predicted molar refractivity (Wildman–Crippen MR) is 119 cm³/mol. The van der Waals surface area contributed by atoms with Gasteiger partial charge in [0, 0.05) is 17.3 Å². The van der Waals surface area contributed by atoms with Crippen molar-refractivity contribution >= 4 is 23.6 Å². The molecule has 154 valence electrons. The summed E-state index contributed by atoms with van der Waals surface area (Å²) in [4.78, 5) is 23.1. The minimum absolute atomic E-state index is 0.380. The molecule has 2 aromatic rings. The first kappa shape index (κ1) is 22.2. The summed E-state index contributed by atoms with van der Waals surface area (Å²) in [7, 11) is 0. The highest BCUT2D eigenvalue weighted by Gasteiger charge is 2.15. The lowest BCUT2D eigenvalue weighted by Crippen LogP contribution is -2.38. The zero-order valence-electron chi connectivity index (χ0n) is 18.0. The molecule has 1 amide bonds. The molecule has 0 bridgehead atoms. The van der Waals surface area contributed by atoms with Crippen LogP contribution in [0.2, 0.25) is 0 Å². The molecule has 0 aliphatic carbocycles. The highest BCUT2D eigenvalue weighted by Crippen LogP contribution is 2.29. The van der Waals surface area contributed by atoms with E-state index in [2.05, 4.69) is 60.9 Å². The normalized spacial score (nSPS) is 12.6. The van der Waals surface area contributed by atoms with E-state index in [1.807, 2.05) is 13.8 Å². The number of nitrogens with one attached hydrogen (secondary N) is 2. The molecule has 2 rings (SSSR count). The largest absolute Gasteiger partial charge is 0.480 e. The van der Waals surface area contributed by atoms with Crippen LogP contribution >= 0.6 is 0 Å². The van der Waals surface area contributed by atoms with Gasteiger partial charge in [-0.25, -0.2) is 0 Å². The summed E-state index contributed by atoms with van der Waals surface area (Å²) in [5, 5.41) is 14.8. The van der Waals surface area contributed by atoms with Crippen molar-refractivity contribution < 1.29 is 14.7 Å². The highest BCUT2D eigenvalue weighted by atomic mass is 16.4. The maximum atomic E-state index is 12.2. The van der Waals surface area contributed by atoms with E-state index in [-0.39, 0.29) is 5.91 Å². The fraction of sp³-hybridized carbons (Fsp3) is 0.333. The smallest absolute Gasteiger partial charge is 0.325 e. The second-order valence-corrected chi connectivity index (χ2v) is 7.76. The number of aliphatic carboxylic acids is 1. The minimum Gasteiger partial charge on any atom is -0.480 e. The topological polar surface area (TPSA) is 78.4 Å². The fourth-order valence-corrected chi connectivity index (χ4v) is 3.06. The molecule has 0 aliphatic rings. The number of carbonyl (C=O) groups is 2. The Hall–Kier alpha value is -3.08. The van der Waals surface area contributed by atoms with Crippen LogP contribution in [0, 0.1) is 13.8 Å². The standard InChI is InChI=1S/C24H30N2O3/c1-14(2)25-21-9-7-19(8-10-21)22-13-15(3)20(11-16(22)4)12-17(5)23(27)26-18(6)24(28)29/h7-14,18,25H,1-6H3,(H,26,27)(H,28,29)/t18-/m1/s1. The first-order valence-electron chi connectivity index (χ1n) is 9.78. The molecule has 0 fully saturated rings. The maximum absolute atomic E-state index is 12.2. The third kappa shape index (κ3) is 5.95. The summed E-state index contributed by atoms with van der Waals surface area (Å²) in [5.74, 6) is -1.44. The molecule has 1 atom stereocenters. The van der Waals surface area contributed by atoms with E-state index >= 15 is 0 Å². The number of rotatable bonds is 7. The van der Waals surface area contributed by atoms with Crippen molar-refractivity contribution in [2.75, 3.05) is 5.32 Å². The summed E-state index contributed by atoms with van der Waals surface area (Å²) in [5.41, 5.74) is 6.96. The van der Waals surface area contributed by atoms with E-state index in [0.717, 1.165) is 33.5 Å². The van der Waals surface area contributed by atoms with Gasteiger partial charge in [0.25, 0.3) is 0 Å². The molecule has 2 aromatic carbocycles. The maximum Gasteiger partial charge on any atom is 0.325 e. The quantitative estimate of drug-likeness (QED) is 0.590. The van der Waals surface area contributed by atoms with Gasteiger partial charge in [-0.2, -0.15) is 0 Å². The van der Waals surface area contributed by atoms with Gasteiger partial charge < -0.3 is 15.7 Å². The third-order valence-corrected chi connectivity index (χ3v) is 4.71. The van der Waals surface area contributed by atoms with Crippen molar-refractivity contribution in [3.05, 3.63) is 58.7 Å². The minimum atomic E-state index is -1.06. The Kier molecular flexibility index (Phi) is 7.21. The summed E-state index contributed by atoms with van der Waals surface area (Å²) in [6.45, 7) is 11.4. The zero-order valence-corrected chi connectivity index (χ0v) is 18.0.